The highest BCUT2D eigenvalue weighted by molar-refractivity contribution is 7.14. The summed E-state index contributed by atoms with van der Waals surface area (Å²) in [4.78, 5) is 42.8. The van der Waals surface area contributed by atoms with Crippen molar-refractivity contribution in [2.75, 3.05) is 86.1 Å². The Bertz CT molecular complexity index is 3000. The number of carbonyl (C=O) groups excluding carboxylic acids is 1. The smallest absolute Gasteiger partial charge is 0.225 e. The minimum Gasteiger partial charge on any atom is -0.368 e. The van der Waals surface area contributed by atoms with Gasteiger partial charge in [0.25, 0.3) is 0 Å². The highest BCUT2D eigenvalue weighted by Gasteiger charge is 2.35. The molecule has 2 aromatic carbocycles. The van der Waals surface area contributed by atoms with E-state index < -0.39 is 0 Å². The number of anilines is 6. The second kappa shape index (κ2) is 19.1. The predicted molar refractivity (Wildman–Crippen MR) is 267 cm³/mol. The zero-order chi connectivity index (χ0) is 46.2. The molecule has 0 unspecified atom stereocenters. The summed E-state index contributed by atoms with van der Waals surface area (Å²) in [6.45, 7) is 11.4. The molecule has 1 saturated carbocycles. The highest BCUT2D eigenvalue weighted by Crippen LogP contribution is 2.37. The molecule has 3 aliphatic rings. The fourth-order valence-corrected chi connectivity index (χ4v) is 10.5. The number of piperazine rings is 2. The molecule has 346 valence electrons. The SMILES string of the molecule is CCc1nc2ccc(N3CCN(C(=O)C4CC4)CC3)cn2c1N(C)c1nc(-c2ccc(F)cc2)cs1.CCc1nc2ccc(N3CCNCC3)cn2c1N(C)c1nc(-c2ccc(F)cc2)cs1. The van der Waals surface area contributed by atoms with E-state index in [1.165, 1.54) is 30.0 Å². The van der Waals surface area contributed by atoms with E-state index in [2.05, 4.69) is 84.2 Å². The van der Waals surface area contributed by atoms with Gasteiger partial charge in [-0.15, -0.1) is 22.7 Å². The molecule has 0 bridgehead atoms. The summed E-state index contributed by atoms with van der Waals surface area (Å²) in [7, 11) is 4.05. The normalized spacial score (nSPS) is 15.3. The number of fused-ring (bicyclic) bond motifs is 2. The number of aryl methyl sites for hydroxylation is 2. The standard InChI is InChI=1S/C27H29FN6OS.C23H25FN6S/c1-3-22-25(31(2)27-30-23(17-36-27)18-6-8-20(28)9-7-18)34-16-21(10-11-24(34)29-22)32-12-14-33(15-13-32)26(35)19-4-5-19;1-3-19-22(28(2)23-27-20(15-31-23)16-4-6-17(24)7-5-16)30-14-18(8-9-21(30)26-19)29-12-10-25-11-13-29/h6-11,16-17,19H,3-5,12-15H2,1-2H3;4-9,14-15,25H,3,10-13H2,1-2H3. The Hall–Kier alpha value is -6.43. The van der Waals surface area contributed by atoms with Gasteiger partial charge in [-0.3, -0.25) is 13.6 Å². The van der Waals surface area contributed by atoms with Crippen LogP contribution >= 0.6 is 22.7 Å². The third kappa shape index (κ3) is 9.19. The van der Waals surface area contributed by atoms with E-state index in [0.717, 1.165) is 151 Å². The van der Waals surface area contributed by atoms with Crippen molar-refractivity contribution in [2.45, 2.75) is 39.5 Å². The second-order valence-electron chi connectivity index (χ2n) is 17.2. The zero-order valence-electron chi connectivity index (χ0n) is 38.2. The van der Waals surface area contributed by atoms with Gasteiger partial charge >= 0.3 is 0 Å². The molecule has 67 heavy (non-hydrogen) atoms. The Morgan fingerprint density at radius 3 is 1.51 bits per heavy atom. The maximum atomic E-state index is 13.4. The van der Waals surface area contributed by atoms with Crippen molar-refractivity contribution >= 4 is 73.1 Å². The van der Waals surface area contributed by atoms with Gasteiger partial charge in [0.1, 0.15) is 34.6 Å². The van der Waals surface area contributed by atoms with E-state index in [1.807, 2.05) is 29.8 Å². The molecular weight excluding hydrogens is 887 g/mol. The lowest BCUT2D eigenvalue weighted by Gasteiger charge is -2.36. The summed E-state index contributed by atoms with van der Waals surface area (Å²) in [5, 5.41) is 9.15. The molecular formula is C50H54F2N12OS2. The number of amides is 1. The number of aromatic nitrogens is 6. The molecule has 1 N–H and O–H groups in total. The van der Waals surface area contributed by atoms with E-state index in [9.17, 15) is 13.6 Å². The van der Waals surface area contributed by atoms with Crippen LogP contribution in [0, 0.1) is 17.6 Å². The molecule has 13 nitrogen and oxygen atoms in total. The number of benzene rings is 2. The molecule has 2 aliphatic heterocycles. The Balaban J connectivity index is 0.000000159. The van der Waals surface area contributed by atoms with Gasteiger partial charge in [0.05, 0.1) is 34.2 Å². The van der Waals surface area contributed by atoms with Crippen LogP contribution in [-0.2, 0) is 17.6 Å². The summed E-state index contributed by atoms with van der Waals surface area (Å²) in [6, 6.07) is 21.3. The molecule has 8 heterocycles. The number of thiazole rings is 2. The van der Waals surface area contributed by atoms with Crippen molar-refractivity contribution in [3.8, 4) is 22.5 Å². The van der Waals surface area contributed by atoms with Crippen LogP contribution < -0.4 is 24.9 Å². The Morgan fingerprint density at radius 1 is 0.627 bits per heavy atom. The third-order valence-electron chi connectivity index (χ3n) is 12.8. The third-order valence-corrected chi connectivity index (χ3v) is 14.6. The van der Waals surface area contributed by atoms with E-state index in [4.69, 9.17) is 19.9 Å². The summed E-state index contributed by atoms with van der Waals surface area (Å²) in [5.41, 5.74) is 9.69. The average Bonchev–Trinajstić information content (AvgIpc) is 3.68. The average molecular weight is 941 g/mol. The van der Waals surface area contributed by atoms with Crippen molar-refractivity contribution in [3.05, 3.63) is 119 Å². The van der Waals surface area contributed by atoms with Gasteiger partial charge in [-0.25, -0.2) is 28.7 Å². The number of hydrogen-bond donors (Lipinski definition) is 1. The van der Waals surface area contributed by atoms with Gasteiger partial charge in [0.15, 0.2) is 10.3 Å². The Labute approximate surface area is 397 Å². The number of carbonyl (C=O) groups is 1. The van der Waals surface area contributed by atoms with Gasteiger partial charge in [-0.05, 0) is 98.5 Å². The Kier molecular flexibility index (Phi) is 12.6. The number of hydrogen-bond acceptors (Lipinski definition) is 12. The number of halogens is 2. The first-order chi connectivity index (χ1) is 32.6. The number of rotatable bonds is 11. The van der Waals surface area contributed by atoms with Crippen LogP contribution in [0.2, 0.25) is 0 Å². The molecule has 8 aromatic rings. The van der Waals surface area contributed by atoms with Gasteiger partial charge < -0.3 is 29.8 Å². The van der Waals surface area contributed by atoms with Crippen LogP contribution in [0.1, 0.15) is 38.1 Å². The number of nitrogens with one attached hydrogen (secondary N) is 1. The van der Waals surface area contributed by atoms with E-state index in [-0.39, 0.29) is 17.6 Å². The second-order valence-corrected chi connectivity index (χ2v) is 18.9. The monoisotopic (exact) mass is 940 g/mol. The van der Waals surface area contributed by atoms with Gasteiger partial charge in [0.2, 0.25) is 5.91 Å². The fraction of sp³-hybridized carbons (Fsp3) is 0.340. The molecule has 0 spiro atoms. The molecule has 11 rings (SSSR count). The van der Waals surface area contributed by atoms with Crippen molar-refractivity contribution in [2.24, 2.45) is 5.92 Å². The maximum Gasteiger partial charge on any atom is 0.225 e. The predicted octanol–water partition coefficient (Wildman–Crippen LogP) is 9.32. The number of imidazole rings is 2. The van der Waals surface area contributed by atoms with Crippen LogP contribution in [0.15, 0.2) is 96.0 Å². The molecule has 2 saturated heterocycles. The van der Waals surface area contributed by atoms with Crippen LogP contribution in [0.5, 0.6) is 0 Å². The van der Waals surface area contributed by atoms with Crippen LogP contribution in [0.3, 0.4) is 0 Å². The van der Waals surface area contributed by atoms with Crippen molar-refractivity contribution in [1.29, 1.82) is 0 Å². The molecule has 0 atom stereocenters. The lowest BCUT2D eigenvalue weighted by atomic mass is 10.2. The number of pyridine rings is 2. The highest BCUT2D eigenvalue weighted by atomic mass is 32.1. The molecule has 6 aromatic heterocycles. The first-order valence-corrected chi connectivity index (χ1v) is 24.8. The van der Waals surface area contributed by atoms with Crippen LogP contribution in [-0.4, -0.2) is 106 Å². The summed E-state index contributed by atoms with van der Waals surface area (Å²) < 4.78 is 31.0. The van der Waals surface area contributed by atoms with Gasteiger partial charge in [-0.2, -0.15) is 0 Å². The maximum absolute atomic E-state index is 13.4. The van der Waals surface area contributed by atoms with Gasteiger partial charge in [-0.1, -0.05) is 13.8 Å². The topological polar surface area (TPSA) is 106 Å². The lowest BCUT2D eigenvalue weighted by molar-refractivity contribution is -0.132. The number of nitrogens with zero attached hydrogens (tertiary/aromatic N) is 11. The van der Waals surface area contributed by atoms with Crippen molar-refractivity contribution in [3.63, 3.8) is 0 Å². The first-order valence-electron chi connectivity index (χ1n) is 23.1. The molecule has 3 fully saturated rings. The zero-order valence-corrected chi connectivity index (χ0v) is 39.8. The lowest BCUT2D eigenvalue weighted by Crippen LogP contribution is -2.49. The summed E-state index contributed by atoms with van der Waals surface area (Å²) in [6.07, 6.45) is 8.08. The fourth-order valence-electron chi connectivity index (χ4n) is 8.92. The van der Waals surface area contributed by atoms with Crippen molar-refractivity contribution in [1.82, 2.24) is 39.0 Å². The Morgan fingerprint density at radius 2 is 1.07 bits per heavy atom. The molecule has 17 heteroatoms. The summed E-state index contributed by atoms with van der Waals surface area (Å²) >= 11 is 3.13. The van der Waals surface area contributed by atoms with E-state index in [0.29, 0.717) is 5.91 Å². The van der Waals surface area contributed by atoms with E-state index >= 15 is 0 Å². The largest absolute Gasteiger partial charge is 0.368 e. The molecule has 0 radical (unpaired) electrons. The van der Waals surface area contributed by atoms with E-state index in [1.54, 1.807) is 46.9 Å². The van der Waals surface area contributed by atoms with Gasteiger partial charge in [0, 0.05) is 107 Å². The minimum atomic E-state index is -0.253. The summed E-state index contributed by atoms with van der Waals surface area (Å²) in [5.74, 6) is 2.15. The molecule has 1 amide bonds. The minimum absolute atomic E-state index is 0.241. The van der Waals surface area contributed by atoms with Crippen molar-refractivity contribution < 1.29 is 13.6 Å². The van der Waals surface area contributed by atoms with Crippen LogP contribution in [0.25, 0.3) is 33.8 Å². The first kappa shape index (κ1) is 44.4. The van der Waals surface area contributed by atoms with Crippen LogP contribution in [0.4, 0.5) is 42.1 Å². The quantitative estimate of drug-likeness (QED) is 0.135. The molecule has 1 aliphatic carbocycles.